The molecule has 1 atom stereocenters. The summed E-state index contributed by atoms with van der Waals surface area (Å²) in [5.74, 6) is 2.57. The summed E-state index contributed by atoms with van der Waals surface area (Å²) in [6, 6.07) is 12.0. The van der Waals surface area contributed by atoms with Crippen molar-refractivity contribution in [2.45, 2.75) is 18.3 Å². The molecule has 0 saturated heterocycles. The van der Waals surface area contributed by atoms with Crippen molar-refractivity contribution in [2.75, 3.05) is 0 Å². The minimum Gasteiger partial charge on any atom is -0.197 e. The van der Waals surface area contributed by atoms with Gasteiger partial charge < -0.3 is 0 Å². The second-order valence-electron chi connectivity index (χ2n) is 3.43. The maximum atomic E-state index is 9.30. The highest BCUT2D eigenvalue weighted by Gasteiger charge is 2.29. The molecule has 1 heteroatoms. The SMILES string of the molecule is C#CC[C@](C#N)(CC=C)c1ccccc1. The normalized spacial score (nSPS) is 13.2. The first-order valence-electron chi connectivity index (χ1n) is 4.80. The number of nitriles is 1. The standard InChI is InChI=1S/C14H13N/c1-3-10-14(12-15,11-4-2)13-8-6-5-7-9-13/h1,4-9H,2,10-11H2/t14-/m1/s1. The molecule has 0 spiro atoms. The molecule has 0 heterocycles. The first kappa shape index (κ1) is 11.1. The van der Waals surface area contributed by atoms with E-state index in [9.17, 15) is 5.26 Å². The highest BCUT2D eigenvalue weighted by atomic mass is 14.4. The van der Waals surface area contributed by atoms with Crippen LogP contribution in [-0.4, -0.2) is 0 Å². The number of rotatable bonds is 4. The van der Waals surface area contributed by atoms with Crippen molar-refractivity contribution in [3.8, 4) is 18.4 Å². The lowest BCUT2D eigenvalue weighted by atomic mass is 9.76. The van der Waals surface area contributed by atoms with Crippen molar-refractivity contribution in [3.63, 3.8) is 0 Å². The minimum atomic E-state index is -0.613. The van der Waals surface area contributed by atoms with Crippen LogP contribution in [0.25, 0.3) is 0 Å². The Balaban J connectivity index is 3.17. The molecule has 74 valence electrons. The molecule has 0 aliphatic carbocycles. The third-order valence-electron chi connectivity index (χ3n) is 2.44. The summed E-state index contributed by atoms with van der Waals surface area (Å²) in [6.45, 7) is 3.68. The predicted octanol–water partition coefficient (Wildman–Crippen LogP) is 3.05. The van der Waals surface area contributed by atoms with Crippen molar-refractivity contribution >= 4 is 0 Å². The molecular weight excluding hydrogens is 182 g/mol. The van der Waals surface area contributed by atoms with E-state index in [1.807, 2.05) is 30.3 Å². The fraction of sp³-hybridized carbons (Fsp3) is 0.214. The largest absolute Gasteiger partial charge is 0.197 e. The molecule has 1 nitrogen and oxygen atoms in total. The van der Waals surface area contributed by atoms with Crippen LogP contribution in [-0.2, 0) is 5.41 Å². The van der Waals surface area contributed by atoms with E-state index >= 15 is 0 Å². The Morgan fingerprint density at radius 1 is 1.40 bits per heavy atom. The molecule has 0 saturated carbocycles. The van der Waals surface area contributed by atoms with Gasteiger partial charge in [0.15, 0.2) is 0 Å². The predicted molar refractivity (Wildman–Crippen MR) is 62.0 cm³/mol. The zero-order chi connectivity index (χ0) is 11.1. The zero-order valence-electron chi connectivity index (χ0n) is 8.61. The van der Waals surface area contributed by atoms with Crippen LogP contribution in [0.4, 0.5) is 0 Å². The van der Waals surface area contributed by atoms with E-state index in [1.165, 1.54) is 0 Å². The molecule has 0 bridgehead atoms. The lowest BCUT2D eigenvalue weighted by Gasteiger charge is -2.23. The Bertz CT molecular complexity index is 405. The molecule has 1 aromatic carbocycles. The van der Waals surface area contributed by atoms with Gasteiger partial charge in [-0.25, -0.2) is 0 Å². The summed E-state index contributed by atoms with van der Waals surface area (Å²) in [7, 11) is 0. The van der Waals surface area contributed by atoms with Crippen molar-refractivity contribution < 1.29 is 0 Å². The van der Waals surface area contributed by atoms with Crippen LogP contribution in [0, 0.1) is 23.7 Å². The smallest absolute Gasteiger partial charge is 0.0965 e. The number of hydrogen-bond acceptors (Lipinski definition) is 1. The van der Waals surface area contributed by atoms with Crippen molar-refractivity contribution in [2.24, 2.45) is 0 Å². The molecule has 0 aromatic heterocycles. The second kappa shape index (κ2) is 5.03. The first-order chi connectivity index (χ1) is 7.29. The maximum Gasteiger partial charge on any atom is 0.0965 e. The average Bonchev–Trinajstić information content (AvgIpc) is 2.30. The topological polar surface area (TPSA) is 23.8 Å². The Labute approximate surface area is 91.1 Å². The van der Waals surface area contributed by atoms with Gasteiger partial charge in [0.05, 0.1) is 11.5 Å². The summed E-state index contributed by atoms with van der Waals surface area (Å²) in [6.07, 6.45) is 8.06. The fourth-order valence-corrected chi connectivity index (χ4v) is 1.62. The van der Waals surface area contributed by atoms with Crippen LogP contribution in [0.15, 0.2) is 43.0 Å². The van der Waals surface area contributed by atoms with Gasteiger partial charge in [0, 0.05) is 6.42 Å². The molecular formula is C14H13N. The van der Waals surface area contributed by atoms with E-state index in [0.29, 0.717) is 12.8 Å². The third kappa shape index (κ3) is 2.27. The third-order valence-corrected chi connectivity index (χ3v) is 2.44. The quantitative estimate of drug-likeness (QED) is 0.535. The molecule has 0 aliphatic heterocycles. The number of hydrogen-bond donors (Lipinski definition) is 0. The van der Waals surface area contributed by atoms with E-state index < -0.39 is 5.41 Å². The van der Waals surface area contributed by atoms with Crippen LogP contribution in [0.1, 0.15) is 18.4 Å². The molecule has 15 heavy (non-hydrogen) atoms. The number of nitrogens with zero attached hydrogens (tertiary/aromatic N) is 1. The van der Waals surface area contributed by atoms with Crippen molar-refractivity contribution in [1.82, 2.24) is 0 Å². The zero-order valence-corrected chi connectivity index (χ0v) is 8.61. The monoisotopic (exact) mass is 195 g/mol. The van der Waals surface area contributed by atoms with Crippen molar-refractivity contribution in [1.29, 1.82) is 5.26 Å². The molecule has 1 aromatic rings. The molecule has 1 rings (SSSR count). The molecule has 0 amide bonds. The van der Waals surface area contributed by atoms with Gasteiger partial charge in [-0.05, 0) is 12.0 Å². The van der Waals surface area contributed by atoms with Crippen LogP contribution >= 0.6 is 0 Å². The molecule has 0 N–H and O–H groups in total. The van der Waals surface area contributed by atoms with E-state index in [1.54, 1.807) is 6.08 Å². The number of allylic oxidation sites excluding steroid dienone is 1. The molecule has 0 aliphatic rings. The van der Waals surface area contributed by atoms with Crippen molar-refractivity contribution in [3.05, 3.63) is 48.6 Å². The van der Waals surface area contributed by atoms with Gasteiger partial charge in [0.25, 0.3) is 0 Å². The second-order valence-corrected chi connectivity index (χ2v) is 3.43. The van der Waals surface area contributed by atoms with Crippen LogP contribution in [0.5, 0.6) is 0 Å². The molecule has 0 radical (unpaired) electrons. The van der Waals surface area contributed by atoms with E-state index in [2.05, 4.69) is 18.6 Å². The van der Waals surface area contributed by atoms with Gasteiger partial charge in [0.2, 0.25) is 0 Å². The Morgan fingerprint density at radius 3 is 2.53 bits per heavy atom. The number of benzene rings is 1. The van der Waals surface area contributed by atoms with Crippen LogP contribution in [0.2, 0.25) is 0 Å². The van der Waals surface area contributed by atoms with E-state index in [4.69, 9.17) is 6.42 Å². The van der Waals surface area contributed by atoms with Gasteiger partial charge in [-0.1, -0.05) is 36.4 Å². The lowest BCUT2D eigenvalue weighted by molar-refractivity contribution is 0.575. The summed E-state index contributed by atoms with van der Waals surface area (Å²) in [4.78, 5) is 0. The van der Waals surface area contributed by atoms with Crippen LogP contribution < -0.4 is 0 Å². The summed E-state index contributed by atoms with van der Waals surface area (Å²) < 4.78 is 0. The average molecular weight is 195 g/mol. The Morgan fingerprint density at radius 2 is 2.07 bits per heavy atom. The van der Waals surface area contributed by atoms with Gasteiger partial charge in [-0.15, -0.1) is 18.9 Å². The highest BCUT2D eigenvalue weighted by molar-refractivity contribution is 5.35. The van der Waals surface area contributed by atoms with Crippen LogP contribution in [0.3, 0.4) is 0 Å². The molecule has 0 fully saturated rings. The molecule has 0 unspecified atom stereocenters. The Kier molecular flexibility index (Phi) is 3.72. The van der Waals surface area contributed by atoms with E-state index in [-0.39, 0.29) is 0 Å². The summed E-state index contributed by atoms with van der Waals surface area (Å²) in [5, 5.41) is 9.30. The van der Waals surface area contributed by atoms with Gasteiger partial charge in [-0.2, -0.15) is 5.26 Å². The first-order valence-corrected chi connectivity index (χ1v) is 4.80. The van der Waals surface area contributed by atoms with Gasteiger partial charge in [-0.3, -0.25) is 0 Å². The lowest BCUT2D eigenvalue weighted by Crippen LogP contribution is -2.22. The van der Waals surface area contributed by atoms with E-state index in [0.717, 1.165) is 5.56 Å². The van der Waals surface area contributed by atoms with Gasteiger partial charge in [0.1, 0.15) is 0 Å². The summed E-state index contributed by atoms with van der Waals surface area (Å²) >= 11 is 0. The Hall–Kier alpha value is -1.99. The van der Waals surface area contributed by atoms with Gasteiger partial charge >= 0.3 is 0 Å². The minimum absolute atomic E-state index is 0.416. The number of terminal acetylenes is 1. The maximum absolute atomic E-state index is 9.30. The highest BCUT2D eigenvalue weighted by Crippen LogP contribution is 2.31. The summed E-state index contributed by atoms with van der Waals surface area (Å²) in [5.41, 5.74) is 0.350. The fourth-order valence-electron chi connectivity index (χ4n) is 1.62.